The van der Waals surface area contributed by atoms with Gasteiger partial charge in [-0.15, -0.1) is 0 Å². The van der Waals surface area contributed by atoms with Crippen molar-refractivity contribution in [1.82, 2.24) is 18.5 Å². The van der Waals surface area contributed by atoms with Gasteiger partial charge >= 0.3 is 0 Å². The normalized spacial score (nSPS) is 12.1. The van der Waals surface area contributed by atoms with E-state index in [2.05, 4.69) is 183 Å². The van der Waals surface area contributed by atoms with Crippen molar-refractivity contribution in [3.05, 3.63) is 170 Å². The number of para-hydroxylation sites is 3. The smallest absolute Gasteiger partial charge is 0.165 e. The van der Waals surface area contributed by atoms with Gasteiger partial charge in [-0.1, -0.05) is 121 Å². The zero-order valence-electron chi connectivity index (χ0n) is 26.5. The number of aromatic nitrogens is 4. The standard InChI is InChI=1S/C45H28N4/c1-2-13-29(14-3-1)30-25-26-42-38(27-30)35-19-7-9-22-39(35)47(42)31-15-12-16-32(28-31)48-41-24-11-8-21-37(41)43-45(48)46-44-36-20-5-4-17-33(36)34-18-6-10-23-40(34)49(43)44/h1-28H. The molecule has 11 rings (SSSR count). The van der Waals surface area contributed by atoms with E-state index in [-0.39, 0.29) is 0 Å². The van der Waals surface area contributed by atoms with E-state index >= 15 is 0 Å². The van der Waals surface area contributed by atoms with Gasteiger partial charge in [0, 0.05) is 38.3 Å². The third-order valence-electron chi connectivity index (χ3n) is 10.2. The summed E-state index contributed by atoms with van der Waals surface area (Å²) in [5.41, 5.74) is 12.4. The van der Waals surface area contributed by atoms with Gasteiger partial charge in [-0.25, -0.2) is 4.98 Å². The number of hydrogen-bond acceptors (Lipinski definition) is 1. The number of pyridine rings is 1. The molecule has 11 aromatic rings. The first kappa shape index (κ1) is 26.4. The maximum absolute atomic E-state index is 5.46. The van der Waals surface area contributed by atoms with Crippen molar-refractivity contribution in [2.75, 3.05) is 0 Å². The van der Waals surface area contributed by atoms with E-state index < -0.39 is 0 Å². The molecule has 4 heterocycles. The first-order valence-electron chi connectivity index (χ1n) is 16.7. The highest BCUT2D eigenvalue weighted by molar-refractivity contribution is 6.17. The third-order valence-corrected chi connectivity index (χ3v) is 10.2. The molecule has 0 saturated heterocycles. The highest BCUT2D eigenvalue weighted by atomic mass is 15.1. The van der Waals surface area contributed by atoms with Crippen molar-refractivity contribution >= 4 is 71.2 Å². The fraction of sp³-hybridized carbons (Fsp3) is 0. The van der Waals surface area contributed by atoms with Crippen LogP contribution in [-0.4, -0.2) is 18.5 Å². The summed E-state index contributed by atoms with van der Waals surface area (Å²) in [6.45, 7) is 0. The third kappa shape index (κ3) is 3.66. The van der Waals surface area contributed by atoms with E-state index in [4.69, 9.17) is 4.98 Å². The molecule has 0 radical (unpaired) electrons. The van der Waals surface area contributed by atoms with Crippen LogP contribution in [0.15, 0.2) is 170 Å². The van der Waals surface area contributed by atoms with Gasteiger partial charge in [0.15, 0.2) is 5.65 Å². The molecule has 0 bridgehead atoms. The molecule has 0 unspecified atom stereocenters. The lowest BCUT2D eigenvalue weighted by Gasteiger charge is -2.12. The van der Waals surface area contributed by atoms with Crippen LogP contribution in [0.25, 0.3) is 93.7 Å². The number of imidazole rings is 1. The minimum absolute atomic E-state index is 0.953. The van der Waals surface area contributed by atoms with Crippen LogP contribution in [0.3, 0.4) is 0 Å². The predicted molar refractivity (Wildman–Crippen MR) is 204 cm³/mol. The Hall–Kier alpha value is -6.65. The summed E-state index contributed by atoms with van der Waals surface area (Å²) in [5.74, 6) is 0. The minimum Gasteiger partial charge on any atom is -0.309 e. The molecule has 4 heteroatoms. The molecule has 0 fully saturated rings. The van der Waals surface area contributed by atoms with Gasteiger partial charge in [-0.05, 0) is 65.0 Å². The zero-order valence-corrected chi connectivity index (χ0v) is 26.5. The fourth-order valence-electron chi connectivity index (χ4n) is 8.11. The summed E-state index contributed by atoms with van der Waals surface area (Å²) in [4.78, 5) is 5.46. The Bertz CT molecular complexity index is 3100. The molecule has 7 aromatic carbocycles. The van der Waals surface area contributed by atoms with E-state index in [9.17, 15) is 0 Å². The number of hydrogen-bond donors (Lipinski definition) is 0. The van der Waals surface area contributed by atoms with Gasteiger partial charge in [0.25, 0.3) is 0 Å². The molecule has 4 nitrogen and oxygen atoms in total. The summed E-state index contributed by atoms with van der Waals surface area (Å²) in [6, 6.07) is 61.1. The molecule has 228 valence electrons. The summed E-state index contributed by atoms with van der Waals surface area (Å²) in [7, 11) is 0. The molecule has 0 N–H and O–H groups in total. The monoisotopic (exact) mass is 624 g/mol. The highest BCUT2D eigenvalue weighted by Crippen LogP contribution is 2.39. The van der Waals surface area contributed by atoms with Gasteiger partial charge in [0.05, 0.1) is 22.1 Å². The largest absolute Gasteiger partial charge is 0.309 e. The summed E-state index contributed by atoms with van der Waals surface area (Å²) >= 11 is 0. The SMILES string of the molecule is c1ccc(-c2ccc3c(c2)c2ccccc2n3-c2cccc(-n3c4ccccc4c4c3nc3c5ccccc5c5ccccc5n34)c2)cc1. The molecule has 0 aliphatic heterocycles. The van der Waals surface area contributed by atoms with Gasteiger partial charge in [-0.2, -0.15) is 0 Å². The van der Waals surface area contributed by atoms with Crippen LogP contribution in [0.5, 0.6) is 0 Å². The first-order valence-corrected chi connectivity index (χ1v) is 16.7. The van der Waals surface area contributed by atoms with Crippen LogP contribution in [0.4, 0.5) is 0 Å². The average Bonchev–Trinajstić information content (AvgIpc) is 3.82. The molecule has 49 heavy (non-hydrogen) atoms. The van der Waals surface area contributed by atoms with Crippen LogP contribution in [0.1, 0.15) is 0 Å². The topological polar surface area (TPSA) is 27.2 Å². The second kappa shape index (κ2) is 9.93. The predicted octanol–water partition coefficient (Wildman–Crippen LogP) is 11.5. The lowest BCUT2D eigenvalue weighted by Crippen LogP contribution is -1.99. The van der Waals surface area contributed by atoms with Crippen LogP contribution in [0, 0.1) is 0 Å². The Morgan fingerprint density at radius 3 is 1.67 bits per heavy atom. The first-order chi connectivity index (χ1) is 24.3. The molecular weight excluding hydrogens is 597 g/mol. The van der Waals surface area contributed by atoms with Crippen LogP contribution < -0.4 is 0 Å². The van der Waals surface area contributed by atoms with Crippen molar-refractivity contribution in [2.45, 2.75) is 0 Å². The summed E-state index contributed by atoms with van der Waals surface area (Å²) < 4.78 is 7.11. The van der Waals surface area contributed by atoms with E-state index in [1.807, 2.05) is 0 Å². The maximum atomic E-state index is 5.46. The second-order valence-electron chi connectivity index (χ2n) is 12.8. The molecule has 0 saturated carbocycles. The Balaban J connectivity index is 1.20. The summed E-state index contributed by atoms with van der Waals surface area (Å²) in [5, 5.41) is 7.27. The molecule has 0 aliphatic rings. The van der Waals surface area contributed by atoms with Gasteiger partial charge in [0.1, 0.15) is 11.2 Å². The number of benzene rings is 7. The van der Waals surface area contributed by atoms with E-state index in [0.717, 1.165) is 44.6 Å². The van der Waals surface area contributed by atoms with E-state index in [1.165, 1.54) is 49.1 Å². The quantitative estimate of drug-likeness (QED) is 0.180. The number of rotatable bonds is 3. The summed E-state index contributed by atoms with van der Waals surface area (Å²) in [6.07, 6.45) is 0. The number of fused-ring (bicyclic) bond motifs is 13. The van der Waals surface area contributed by atoms with Crippen molar-refractivity contribution in [2.24, 2.45) is 0 Å². The van der Waals surface area contributed by atoms with Crippen molar-refractivity contribution in [3.63, 3.8) is 0 Å². The Kier molecular flexibility index (Phi) is 5.35. The second-order valence-corrected chi connectivity index (χ2v) is 12.8. The maximum Gasteiger partial charge on any atom is 0.165 e. The van der Waals surface area contributed by atoms with Crippen LogP contribution in [0.2, 0.25) is 0 Å². The van der Waals surface area contributed by atoms with E-state index in [1.54, 1.807) is 0 Å². The van der Waals surface area contributed by atoms with Crippen molar-refractivity contribution in [1.29, 1.82) is 0 Å². The lowest BCUT2D eigenvalue weighted by molar-refractivity contribution is 1.12. The van der Waals surface area contributed by atoms with E-state index in [0.29, 0.717) is 0 Å². The zero-order chi connectivity index (χ0) is 32.1. The Labute approximate surface area is 281 Å². The van der Waals surface area contributed by atoms with Gasteiger partial charge in [0.2, 0.25) is 0 Å². The highest BCUT2D eigenvalue weighted by Gasteiger charge is 2.22. The van der Waals surface area contributed by atoms with Gasteiger partial charge in [-0.3, -0.25) is 8.97 Å². The molecule has 0 amide bonds. The molecule has 4 aromatic heterocycles. The molecule has 0 spiro atoms. The van der Waals surface area contributed by atoms with Crippen molar-refractivity contribution in [3.8, 4) is 22.5 Å². The Morgan fingerprint density at radius 2 is 0.898 bits per heavy atom. The lowest BCUT2D eigenvalue weighted by atomic mass is 10.0. The molecule has 0 aliphatic carbocycles. The van der Waals surface area contributed by atoms with Crippen LogP contribution >= 0.6 is 0 Å². The van der Waals surface area contributed by atoms with Crippen LogP contribution in [-0.2, 0) is 0 Å². The van der Waals surface area contributed by atoms with Crippen molar-refractivity contribution < 1.29 is 0 Å². The minimum atomic E-state index is 0.953. The molecular formula is C45H28N4. The number of nitrogens with zero attached hydrogens (tertiary/aromatic N) is 4. The Morgan fingerprint density at radius 1 is 0.327 bits per heavy atom. The van der Waals surface area contributed by atoms with Gasteiger partial charge < -0.3 is 4.57 Å². The fourth-order valence-corrected chi connectivity index (χ4v) is 8.11. The molecule has 0 atom stereocenters. The average molecular weight is 625 g/mol.